The van der Waals surface area contributed by atoms with Crippen LogP contribution in [-0.2, 0) is 13.2 Å². The molecule has 13 heavy (non-hydrogen) atoms. The molecule has 0 saturated heterocycles. The predicted octanol–water partition coefficient (Wildman–Crippen LogP) is -0.193. The lowest BCUT2D eigenvalue weighted by Crippen LogP contribution is -1.98. The topological polar surface area (TPSA) is 77.0 Å². The fourth-order valence-electron chi connectivity index (χ4n) is 0.980. The van der Waals surface area contributed by atoms with Crippen molar-refractivity contribution in [2.75, 3.05) is 0 Å². The third-order valence-electron chi connectivity index (χ3n) is 1.58. The summed E-state index contributed by atoms with van der Waals surface area (Å²) in [6.45, 7) is 0.458. The van der Waals surface area contributed by atoms with Crippen molar-refractivity contribution in [2.45, 2.75) is 13.2 Å². The van der Waals surface area contributed by atoms with Crippen molar-refractivity contribution in [1.82, 2.24) is 20.2 Å². The van der Waals surface area contributed by atoms with Gasteiger partial charge in [-0.3, -0.25) is 0 Å². The van der Waals surface area contributed by atoms with E-state index in [1.807, 2.05) is 0 Å². The van der Waals surface area contributed by atoms with E-state index < -0.39 is 0 Å². The van der Waals surface area contributed by atoms with Crippen LogP contribution in [-0.4, -0.2) is 25.3 Å². The molecule has 0 aliphatic carbocycles. The Balaban J connectivity index is 2.10. The van der Waals surface area contributed by atoms with Gasteiger partial charge in [0.1, 0.15) is 12.0 Å². The zero-order chi connectivity index (χ0) is 9.10. The van der Waals surface area contributed by atoms with Crippen molar-refractivity contribution in [1.29, 1.82) is 0 Å². The molecule has 1 N–H and O–H groups in total. The molecule has 2 aromatic heterocycles. The Morgan fingerprint density at radius 1 is 1.54 bits per heavy atom. The lowest BCUT2D eigenvalue weighted by molar-refractivity contribution is 0.276. The van der Waals surface area contributed by atoms with Crippen LogP contribution >= 0.6 is 0 Å². The summed E-state index contributed by atoms with van der Waals surface area (Å²) >= 11 is 0. The minimum absolute atomic E-state index is 0.0936. The highest BCUT2D eigenvalue weighted by atomic mass is 16.5. The van der Waals surface area contributed by atoms with Crippen LogP contribution in [0.3, 0.4) is 0 Å². The van der Waals surface area contributed by atoms with Crippen LogP contribution in [0.15, 0.2) is 23.2 Å². The standard InChI is InChI=1S/C7H8N4O2/c12-4-7-3-11(10-9-7)2-6-1-8-13-5-6/h1,3,5,12H,2,4H2. The summed E-state index contributed by atoms with van der Waals surface area (Å²) in [5.41, 5.74) is 1.46. The van der Waals surface area contributed by atoms with Crippen LogP contribution < -0.4 is 0 Å². The number of rotatable bonds is 3. The first-order valence-electron chi connectivity index (χ1n) is 3.76. The number of hydrogen-bond acceptors (Lipinski definition) is 5. The average Bonchev–Trinajstić information content (AvgIpc) is 2.76. The van der Waals surface area contributed by atoms with E-state index in [1.54, 1.807) is 23.3 Å². The zero-order valence-corrected chi connectivity index (χ0v) is 6.79. The second-order valence-electron chi connectivity index (χ2n) is 2.60. The van der Waals surface area contributed by atoms with Crippen molar-refractivity contribution in [3.8, 4) is 0 Å². The number of hydrogen-bond donors (Lipinski definition) is 1. The number of aliphatic hydroxyl groups is 1. The second-order valence-corrected chi connectivity index (χ2v) is 2.60. The molecule has 0 aliphatic rings. The maximum Gasteiger partial charge on any atom is 0.128 e. The van der Waals surface area contributed by atoms with Crippen molar-refractivity contribution in [3.63, 3.8) is 0 Å². The van der Waals surface area contributed by atoms with Crippen LogP contribution in [0.5, 0.6) is 0 Å². The highest BCUT2D eigenvalue weighted by Crippen LogP contribution is 2.00. The largest absolute Gasteiger partial charge is 0.390 e. The van der Waals surface area contributed by atoms with Gasteiger partial charge in [-0.25, -0.2) is 4.68 Å². The summed E-state index contributed by atoms with van der Waals surface area (Å²) in [5.74, 6) is 0. The molecule has 0 amide bonds. The van der Waals surface area contributed by atoms with Crippen LogP contribution in [0.25, 0.3) is 0 Å². The van der Waals surface area contributed by atoms with Crippen molar-refractivity contribution in [2.24, 2.45) is 0 Å². The summed E-state index contributed by atoms with van der Waals surface area (Å²) < 4.78 is 6.27. The summed E-state index contributed by atoms with van der Waals surface area (Å²) in [4.78, 5) is 0. The molecule has 0 radical (unpaired) electrons. The molecule has 2 aromatic rings. The van der Waals surface area contributed by atoms with E-state index in [1.165, 1.54) is 0 Å². The predicted molar refractivity (Wildman–Crippen MR) is 41.5 cm³/mol. The Bertz CT molecular complexity index is 368. The summed E-state index contributed by atoms with van der Waals surface area (Å²) in [6, 6.07) is 0. The fourth-order valence-corrected chi connectivity index (χ4v) is 0.980. The van der Waals surface area contributed by atoms with E-state index in [9.17, 15) is 0 Å². The van der Waals surface area contributed by atoms with Crippen molar-refractivity contribution < 1.29 is 9.63 Å². The molecular formula is C7H8N4O2. The van der Waals surface area contributed by atoms with E-state index >= 15 is 0 Å². The van der Waals surface area contributed by atoms with Crippen molar-refractivity contribution >= 4 is 0 Å². The van der Waals surface area contributed by atoms with Gasteiger partial charge in [0.15, 0.2) is 0 Å². The van der Waals surface area contributed by atoms with E-state index in [0.29, 0.717) is 12.2 Å². The maximum atomic E-state index is 8.73. The fraction of sp³-hybridized carbons (Fsp3) is 0.286. The quantitative estimate of drug-likeness (QED) is 0.708. The molecule has 2 heterocycles. The van der Waals surface area contributed by atoms with Crippen LogP contribution in [0.4, 0.5) is 0 Å². The number of aliphatic hydroxyl groups excluding tert-OH is 1. The summed E-state index contributed by atoms with van der Waals surface area (Å²) in [6.07, 6.45) is 4.83. The lowest BCUT2D eigenvalue weighted by Gasteiger charge is -1.92. The third kappa shape index (κ3) is 1.73. The lowest BCUT2D eigenvalue weighted by atomic mass is 10.4. The summed E-state index contributed by atoms with van der Waals surface area (Å²) in [5, 5.41) is 19.8. The molecule has 0 atom stereocenters. The SMILES string of the molecule is OCc1cn(Cc2cnoc2)nn1. The zero-order valence-electron chi connectivity index (χ0n) is 6.79. The van der Waals surface area contributed by atoms with Gasteiger partial charge in [-0.2, -0.15) is 0 Å². The van der Waals surface area contributed by atoms with Gasteiger partial charge in [-0.15, -0.1) is 5.10 Å². The number of nitrogens with zero attached hydrogens (tertiary/aromatic N) is 4. The highest BCUT2D eigenvalue weighted by Gasteiger charge is 2.01. The van der Waals surface area contributed by atoms with Gasteiger partial charge in [-0.1, -0.05) is 10.4 Å². The van der Waals surface area contributed by atoms with Gasteiger partial charge in [-0.05, 0) is 0 Å². The molecule has 0 unspecified atom stereocenters. The smallest absolute Gasteiger partial charge is 0.128 e. The van der Waals surface area contributed by atoms with Gasteiger partial charge >= 0.3 is 0 Å². The maximum absolute atomic E-state index is 8.73. The highest BCUT2D eigenvalue weighted by molar-refractivity contribution is 5.01. The van der Waals surface area contributed by atoms with E-state index in [-0.39, 0.29) is 6.61 Å². The molecule has 68 valence electrons. The number of aromatic nitrogens is 4. The minimum atomic E-state index is -0.0936. The Morgan fingerprint density at radius 3 is 3.08 bits per heavy atom. The molecule has 0 aromatic carbocycles. The van der Waals surface area contributed by atoms with Crippen LogP contribution in [0.1, 0.15) is 11.3 Å². The first-order valence-corrected chi connectivity index (χ1v) is 3.76. The van der Waals surface area contributed by atoms with Crippen LogP contribution in [0, 0.1) is 0 Å². The Morgan fingerprint density at radius 2 is 2.46 bits per heavy atom. The normalized spacial score (nSPS) is 10.5. The Hall–Kier alpha value is -1.69. The molecule has 0 spiro atoms. The first-order chi connectivity index (χ1) is 6.38. The minimum Gasteiger partial charge on any atom is -0.390 e. The molecule has 0 bridgehead atoms. The molecule has 6 heteroatoms. The van der Waals surface area contributed by atoms with Crippen molar-refractivity contribution in [3.05, 3.63) is 29.9 Å². The van der Waals surface area contributed by atoms with E-state index in [0.717, 1.165) is 5.56 Å². The van der Waals surface area contributed by atoms with E-state index in [4.69, 9.17) is 5.11 Å². The first kappa shape index (κ1) is 7.93. The molecule has 6 nitrogen and oxygen atoms in total. The molecule has 2 rings (SSSR count). The van der Waals surface area contributed by atoms with Gasteiger partial charge < -0.3 is 9.63 Å². The van der Waals surface area contributed by atoms with E-state index in [2.05, 4.69) is 20.0 Å². The molecule has 0 aliphatic heterocycles. The molecule has 0 saturated carbocycles. The monoisotopic (exact) mass is 180 g/mol. The molecular weight excluding hydrogens is 172 g/mol. The second kappa shape index (κ2) is 3.36. The Kier molecular flexibility index (Phi) is 2.05. The Labute approximate surface area is 73.8 Å². The van der Waals surface area contributed by atoms with Crippen LogP contribution in [0.2, 0.25) is 0 Å². The van der Waals surface area contributed by atoms with Gasteiger partial charge in [0, 0.05) is 5.56 Å². The molecule has 0 fully saturated rings. The van der Waals surface area contributed by atoms with Gasteiger partial charge in [0.05, 0.1) is 25.5 Å². The van der Waals surface area contributed by atoms with Gasteiger partial charge in [0.25, 0.3) is 0 Å². The van der Waals surface area contributed by atoms with Gasteiger partial charge in [0.2, 0.25) is 0 Å². The third-order valence-corrected chi connectivity index (χ3v) is 1.58. The average molecular weight is 180 g/mol. The summed E-state index contributed by atoms with van der Waals surface area (Å²) in [7, 11) is 0.